The zero-order chi connectivity index (χ0) is 21.9. The molecular weight excluding hydrogens is 384 g/mol. The van der Waals surface area contributed by atoms with Crippen molar-refractivity contribution in [3.63, 3.8) is 0 Å². The zero-order valence-electron chi connectivity index (χ0n) is 18.3. The predicted octanol–water partition coefficient (Wildman–Crippen LogP) is 2.95. The average Bonchev–Trinajstić information content (AvgIpc) is 3.15. The van der Waals surface area contributed by atoms with Gasteiger partial charge in [0, 0.05) is 50.9 Å². The maximum atomic E-state index is 13.0. The highest BCUT2D eigenvalue weighted by molar-refractivity contribution is 5.92. The predicted molar refractivity (Wildman–Crippen MR) is 117 cm³/mol. The van der Waals surface area contributed by atoms with Gasteiger partial charge in [-0.2, -0.15) is 0 Å². The molecule has 1 aromatic carbocycles. The maximum Gasteiger partial charge on any atom is 0.322 e. The molecule has 164 valence electrons. The quantitative estimate of drug-likeness (QED) is 0.611. The summed E-state index contributed by atoms with van der Waals surface area (Å²) in [6.07, 6.45) is 2.69. The number of carbonyl (C=O) groups is 2. The number of anilines is 1. The Hall–Kier alpha value is -3.00. The van der Waals surface area contributed by atoms with Crippen LogP contribution in [0, 0.1) is 0 Å². The van der Waals surface area contributed by atoms with E-state index in [2.05, 4.69) is 5.32 Å². The van der Waals surface area contributed by atoms with Crippen molar-refractivity contribution in [3.05, 3.63) is 48.3 Å². The van der Waals surface area contributed by atoms with Crippen LogP contribution in [0.3, 0.4) is 0 Å². The van der Waals surface area contributed by atoms with Crippen LogP contribution in [0.5, 0.6) is 5.75 Å². The fourth-order valence-corrected chi connectivity index (χ4v) is 3.04. The van der Waals surface area contributed by atoms with Crippen molar-refractivity contribution in [2.75, 3.05) is 45.8 Å². The van der Waals surface area contributed by atoms with Gasteiger partial charge >= 0.3 is 6.03 Å². The lowest BCUT2D eigenvalue weighted by atomic mass is 10.3. The number of nitrogens with one attached hydrogen (secondary N) is 1. The molecular formula is C22H32N4O4. The van der Waals surface area contributed by atoms with Crippen LogP contribution in [0.15, 0.2) is 42.6 Å². The fourth-order valence-electron chi connectivity index (χ4n) is 3.04. The van der Waals surface area contributed by atoms with Crippen molar-refractivity contribution >= 4 is 17.6 Å². The number of aryl methyl sites for hydroxylation is 1. The molecule has 0 saturated heterocycles. The van der Waals surface area contributed by atoms with Crippen LogP contribution in [-0.4, -0.2) is 66.8 Å². The van der Waals surface area contributed by atoms with Crippen molar-refractivity contribution in [2.45, 2.75) is 19.9 Å². The molecule has 1 aromatic heterocycles. The number of benzene rings is 1. The van der Waals surface area contributed by atoms with Crippen molar-refractivity contribution in [1.29, 1.82) is 0 Å². The number of hydrogen-bond donors (Lipinski definition) is 1. The second-order valence-corrected chi connectivity index (χ2v) is 7.00. The summed E-state index contributed by atoms with van der Waals surface area (Å²) in [5.74, 6) is 0.529. The van der Waals surface area contributed by atoms with E-state index in [9.17, 15) is 9.59 Å². The lowest BCUT2D eigenvalue weighted by molar-refractivity contribution is -0.133. The lowest BCUT2D eigenvalue weighted by Gasteiger charge is -2.27. The van der Waals surface area contributed by atoms with E-state index in [4.69, 9.17) is 9.47 Å². The first-order valence-electron chi connectivity index (χ1n) is 10.0. The van der Waals surface area contributed by atoms with Gasteiger partial charge in [0.25, 0.3) is 0 Å². The smallest absolute Gasteiger partial charge is 0.322 e. The van der Waals surface area contributed by atoms with Gasteiger partial charge < -0.3 is 29.2 Å². The molecule has 3 amide bonds. The maximum absolute atomic E-state index is 13.0. The Morgan fingerprint density at radius 3 is 2.53 bits per heavy atom. The largest absolute Gasteiger partial charge is 0.497 e. The highest BCUT2D eigenvalue weighted by atomic mass is 16.5. The van der Waals surface area contributed by atoms with Gasteiger partial charge in [-0.15, -0.1) is 0 Å². The van der Waals surface area contributed by atoms with Crippen LogP contribution in [0.4, 0.5) is 10.5 Å². The van der Waals surface area contributed by atoms with E-state index in [0.29, 0.717) is 37.7 Å². The third-order valence-corrected chi connectivity index (χ3v) is 4.75. The van der Waals surface area contributed by atoms with Gasteiger partial charge in [-0.05, 0) is 30.7 Å². The number of methoxy groups -OCH3 is 2. The monoisotopic (exact) mass is 416 g/mol. The molecule has 0 radical (unpaired) electrons. The SMILES string of the molecule is CCCN(CC(=O)N(CCOC)Cc1cccn1C)C(=O)Nc1cccc(OC)c1. The summed E-state index contributed by atoms with van der Waals surface area (Å²) in [4.78, 5) is 29.1. The first-order chi connectivity index (χ1) is 14.5. The minimum atomic E-state index is -0.316. The van der Waals surface area contributed by atoms with Gasteiger partial charge in [0.15, 0.2) is 0 Å². The Morgan fingerprint density at radius 2 is 1.90 bits per heavy atom. The number of amides is 3. The molecule has 0 unspecified atom stereocenters. The van der Waals surface area contributed by atoms with Crippen LogP contribution in [0.25, 0.3) is 0 Å². The van der Waals surface area contributed by atoms with E-state index in [1.54, 1.807) is 43.4 Å². The zero-order valence-corrected chi connectivity index (χ0v) is 18.3. The minimum absolute atomic E-state index is 0.00220. The average molecular weight is 417 g/mol. The van der Waals surface area contributed by atoms with E-state index >= 15 is 0 Å². The molecule has 2 rings (SSSR count). The van der Waals surface area contributed by atoms with Gasteiger partial charge in [-0.25, -0.2) is 4.79 Å². The normalized spacial score (nSPS) is 10.5. The number of aromatic nitrogens is 1. The second-order valence-electron chi connectivity index (χ2n) is 7.00. The molecule has 0 atom stereocenters. The Kier molecular flexibility index (Phi) is 9.21. The molecule has 0 aliphatic carbocycles. The van der Waals surface area contributed by atoms with Crippen LogP contribution in [0.1, 0.15) is 19.0 Å². The van der Waals surface area contributed by atoms with E-state index in [1.165, 1.54) is 4.90 Å². The Morgan fingerprint density at radius 1 is 1.10 bits per heavy atom. The van der Waals surface area contributed by atoms with E-state index in [0.717, 1.165) is 12.1 Å². The topological polar surface area (TPSA) is 76.0 Å². The van der Waals surface area contributed by atoms with Crippen LogP contribution in [-0.2, 0) is 23.1 Å². The molecule has 8 heteroatoms. The summed E-state index contributed by atoms with van der Waals surface area (Å²) in [7, 11) is 5.12. The molecule has 1 N–H and O–H groups in total. The summed E-state index contributed by atoms with van der Waals surface area (Å²) in [5.41, 5.74) is 1.63. The van der Waals surface area contributed by atoms with Crippen molar-refractivity contribution in [1.82, 2.24) is 14.4 Å². The summed E-state index contributed by atoms with van der Waals surface area (Å²) >= 11 is 0. The Balaban J connectivity index is 2.07. The van der Waals surface area contributed by atoms with Gasteiger partial charge in [0.05, 0.1) is 20.3 Å². The summed E-state index contributed by atoms with van der Waals surface area (Å²) in [6, 6.07) is 10.7. The third kappa shape index (κ3) is 6.81. The van der Waals surface area contributed by atoms with Crippen molar-refractivity contribution in [2.24, 2.45) is 7.05 Å². The number of nitrogens with zero attached hydrogens (tertiary/aromatic N) is 3. The molecule has 1 heterocycles. The Labute approximate surface area is 178 Å². The van der Waals surface area contributed by atoms with Gasteiger partial charge in [0.2, 0.25) is 5.91 Å². The molecule has 0 aliphatic rings. The third-order valence-electron chi connectivity index (χ3n) is 4.75. The lowest BCUT2D eigenvalue weighted by Crippen LogP contribution is -2.45. The highest BCUT2D eigenvalue weighted by Gasteiger charge is 2.22. The molecule has 0 saturated carbocycles. The molecule has 8 nitrogen and oxygen atoms in total. The highest BCUT2D eigenvalue weighted by Crippen LogP contribution is 2.17. The summed E-state index contributed by atoms with van der Waals surface area (Å²) < 4.78 is 12.3. The number of urea groups is 1. The van der Waals surface area contributed by atoms with Crippen LogP contribution in [0.2, 0.25) is 0 Å². The molecule has 30 heavy (non-hydrogen) atoms. The van der Waals surface area contributed by atoms with Crippen molar-refractivity contribution < 1.29 is 19.1 Å². The van der Waals surface area contributed by atoms with Gasteiger partial charge in [-0.1, -0.05) is 13.0 Å². The number of hydrogen-bond acceptors (Lipinski definition) is 4. The molecule has 2 aromatic rings. The molecule has 0 spiro atoms. The molecule has 0 bridgehead atoms. The number of rotatable bonds is 11. The summed E-state index contributed by atoms with van der Waals surface area (Å²) in [5, 5.41) is 2.85. The number of carbonyl (C=O) groups excluding carboxylic acids is 2. The second kappa shape index (κ2) is 11.9. The van der Waals surface area contributed by atoms with Crippen LogP contribution >= 0.6 is 0 Å². The molecule has 0 aliphatic heterocycles. The van der Waals surface area contributed by atoms with Gasteiger partial charge in [-0.3, -0.25) is 4.79 Å². The van der Waals surface area contributed by atoms with Gasteiger partial charge in [0.1, 0.15) is 12.3 Å². The van der Waals surface area contributed by atoms with E-state index in [-0.39, 0.29) is 18.5 Å². The molecule has 0 fully saturated rings. The first kappa shape index (κ1) is 23.3. The fraction of sp³-hybridized carbons (Fsp3) is 0.455. The van der Waals surface area contributed by atoms with Crippen molar-refractivity contribution in [3.8, 4) is 5.75 Å². The first-order valence-corrected chi connectivity index (χ1v) is 10.0. The summed E-state index contributed by atoms with van der Waals surface area (Å²) in [6.45, 7) is 3.80. The van der Waals surface area contributed by atoms with Crippen LogP contribution < -0.4 is 10.1 Å². The Bertz CT molecular complexity index is 821. The minimum Gasteiger partial charge on any atom is -0.497 e. The number of ether oxygens (including phenoxy) is 2. The van der Waals surface area contributed by atoms with E-state index < -0.39 is 0 Å². The standard InChI is InChI=1S/C22H32N4O4/c1-5-11-26(22(28)23-18-8-6-10-20(15-18)30-4)17-21(27)25(13-14-29-3)16-19-9-7-12-24(19)2/h6-10,12,15H,5,11,13-14,16-17H2,1-4H3,(H,23,28). The van der Waals surface area contributed by atoms with E-state index in [1.807, 2.05) is 36.9 Å².